The van der Waals surface area contributed by atoms with E-state index in [1.807, 2.05) is 18.2 Å². The monoisotopic (exact) mass is 404 g/mol. The van der Waals surface area contributed by atoms with Crippen molar-refractivity contribution in [2.24, 2.45) is 0 Å². The molecule has 1 atom stereocenters. The minimum absolute atomic E-state index is 0.150. The van der Waals surface area contributed by atoms with Crippen LogP contribution >= 0.6 is 31.9 Å². The van der Waals surface area contributed by atoms with Gasteiger partial charge in [-0.25, -0.2) is 8.78 Å². The average molecular weight is 406 g/mol. The van der Waals surface area contributed by atoms with Crippen molar-refractivity contribution < 1.29 is 13.5 Å². The maximum atomic E-state index is 13.7. The number of methoxy groups -OCH3 is 1. The highest BCUT2D eigenvalue weighted by Gasteiger charge is 2.16. The van der Waals surface area contributed by atoms with Crippen LogP contribution in [0.25, 0.3) is 0 Å². The number of alkyl halides is 1. The summed E-state index contributed by atoms with van der Waals surface area (Å²) in [6.07, 6.45) is 0.343. The van der Waals surface area contributed by atoms with Gasteiger partial charge >= 0.3 is 0 Å². The maximum Gasteiger partial charge on any atom is 0.162 e. The SMILES string of the molecule is COc1ccc(Br)c(C(Br)Cc2cccc(F)c2F)c1. The van der Waals surface area contributed by atoms with E-state index >= 15 is 0 Å². The van der Waals surface area contributed by atoms with Crippen molar-refractivity contribution in [3.05, 3.63) is 63.6 Å². The molecule has 2 aromatic carbocycles. The Hall–Kier alpha value is -0.940. The Labute approximate surface area is 133 Å². The fourth-order valence-corrected chi connectivity index (χ4v) is 3.46. The molecule has 1 nitrogen and oxygen atoms in total. The Kier molecular flexibility index (Phi) is 5.16. The van der Waals surface area contributed by atoms with Gasteiger partial charge < -0.3 is 4.74 Å². The summed E-state index contributed by atoms with van der Waals surface area (Å²) in [7, 11) is 1.59. The van der Waals surface area contributed by atoms with E-state index < -0.39 is 11.6 Å². The van der Waals surface area contributed by atoms with Crippen LogP contribution in [0, 0.1) is 11.6 Å². The van der Waals surface area contributed by atoms with Gasteiger partial charge in [0, 0.05) is 9.30 Å². The van der Waals surface area contributed by atoms with Crippen LogP contribution in [0.1, 0.15) is 16.0 Å². The first-order chi connectivity index (χ1) is 9.52. The van der Waals surface area contributed by atoms with Crippen molar-refractivity contribution in [2.75, 3.05) is 7.11 Å². The summed E-state index contributed by atoms with van der Waals surface area (Å²) in [6, 6.07) is 9.76. The zero-order valence-corrected chi connectivity index (χ0v) is 13.8. The highest BCUT2D eigenvalue weighted by atomic mass is 79.9. The summed E-state index contributed by atoms with van der Waals surface area (Å²) in [4.78, 5) is -0.150. The summed E-state index contributed by atoms with van der Waals surface area (Å²) in [6.45, 7) is 0. The fraction of sp³-hybridized carbons (Fsp3) is 0.200. The molecule has 1 unspecified atom stereocenters. The van der Waals surface area contributed by atoms with Crippen LogP contribution in [0.5, 0.6) is 5.75 Å². The van der Waals surface area contributed by atoms with E-state index in [2.05, 4.69) is 31.9 Å². The number of hydrogen-bond acceptors (Lipinski definition) is 1. The highest BCUT2D eigenvalue weighted by molar-refractivity contribution is 9.11. The van der Waals surface area contributed by atoms with Gasteiger partial charge in [0.2, 0.25) is 0 Å². The lowest BCUT2D eigenvalue weighted by atomic mass is 10.0. The van der Waals surface area contributed by atoms with Crippen molar-refractivity contribution in [3.63, 3.8) is 0 Å². The van der Waals surface area contributed by atoms with Crippen molar-refractivity contribution >= 4 is 31.9 Å². The largest absolute Gasteiger partial charge is 0.497 e. The third kappa shape index (κ3) is 3.38. The molecule has 106 valence electrons. The molecule has 0 aliphatic rings. The summed E-state index contributed by atoms with van der Waals surface area (Å²) >= 11 is 6.97. The summed E-state index contributed by atoms with van der Waals surface area (Å²) < 4.78 is 33.0. The molecule has 0 fully saturated rings. The molecule has 2 aromatic rings. The van der Waals surface area contributed by atoms with Gasteiger partial charge in [-0.15, -0.1) is 0 Å². The number of halogens is 4. The van der Waals surface area contributed by atoms with Crippen molar-refractivity contribution in [1.82, 2.24) is 0 Å². The van der Waals surface area contributed by atoms with E-state index in [1.165, 1.54) is 6.07 Å². The molecule has 0 amide bonds. The first-order valence-corrected chi connectivity index (χ1v) is 7.64. The Balaban J connectivity index is 2.28. The topological polar surface area (TPSA) is 9.23 Å². The number of rotatable bonds is 4. The van der Waals surface area contributed by atoms with Crippen LogP contribution in [0.4, 0.5) is 8.78 Å². The van der Waals surface area contributed by atoms with Gasteiger partial charge in [-0.3, -0.25) is 0 Å². The maximum absolute atomic E-state index is 13.7. The second kappa shape index (κ2) is 6.68. The lowest BCUT2D eigenvalue weighted by Gasteiger charge is -2.14. The molecule has 2 rings (SSSR count). The van der Waals surface area contributed by atoms with Crippen LogP contribution < -0.4 is 4.74 Å². The van der Waals surface area contributed by atoms with E-state index in [0.717, 1.165) is 16.1 Å². The second-order valence-electron chi connectivity index (χ2n) is 4.27. The minimum atomic E-state index is -0.827. The number of hydrogen-bond donors (Lipinski definition) is 0. The Morgan fingerprint density at radius 3 is 2.65 bits per heavy atom. The molecule has 0 aliphatic heterocycles. The summed E-state index contributed by atoms with van der Waals surface area (Å²) in [5.74, 6) is -0.907. The van der Waals surface area contributed by atoms with Crippen LogP contribution in [0.15, 0.2) is 40.9 Å². The van der Waals surface area contributed by atoms with Gasteiger partial charge in [-0.2, -0.15) is 0 Å². The smallest absolute Gasteiger partial charge is 0.162 e. The van der Waals surface area contributed by atoms with Crippen LogP contribution in [0.2, 0.25) is 0 Å². The van der Waals surface area contributed by atoms with E-state index in [1.54, 1.807) is 13.2 Å². The quantitative estimate of drug-likeness (QED) is 0.617. The Morgan fingerprint density at radius 2 is 1.95 bits per heavy atom. The normalized spacial score (nSPS) is 12.2. The molecule has 0 aromatic heterocycles. The standard InChI is InChI=1S/C15H12Br2F2O/c1-20-10-5-6-12(16)11(8-10)13(17)7-9-3-2-4-14(18)15(9)19/h2-6,8,13H,7H2,1H3. The third-order valence-electron chi connectivity index (χ3n) is 2.97. The lowest BCUT2D eigenvalue weighted by Crippen LogP contribution is -2.01. The van der Waals surface area contributed by atoms with Crippen LogP contribution in [-0.2, 0) is 6.42 Å². The molecule has 0 saturated carbocycles. The zero-order chi connectivity index (χ0) is 14.7. The van der Waals surface area contributed by atoms with Gasteiger partial charge in [0.15, 0.2) is 11.6 Å². The second-order valence-corrected chi connectivity index (χ2v) is 6.23. The minimum Gasteiger partial charge on any atom is -0.497 e. The van der Waals surface area contributed by atoms with Gasteiger partial charge in [0.25, 0.3) is 0 Å². The molecule has 0 N–H and O–H groups in total. The van der Waals surface area contributed by atoms with Gasteiger partial charge in [0.1, 0.15) is 5.75 Å². The molecule has 20 heavy (non-hydrogen) atoms. The van der Waals surface area contributed by atoms with Crippen molar-refractivity contribution in [3.8, 4) is 5.75 Å². The van der Waals surface area contributed by atoms with Gasteiger partial charge in [0.05, 0.1) is 7.11 Å². The Bertz CT molecular complexity index is 617. The molecule has 0 radical (unpaired) electrons. The van der Waals surface area contributed by atoms with E-state index in [4.69, 9.17) is 4.74 Å². The zero-order valence-electron chi connectivity index (χ0n) is 10.7. The molecule has 0 bridgehead atoms. The predicted octanol–water partition coefficient (Wildman–Crippen LogP) is 5.41. The molecular formula is C15H12Br2F2O. The van der Waals surface area contributed by atoms with Crippen LogP contribution in [-0.4, -0.2) is 7.11 Å². The molecule has 0 saturated heterocycles. The van der Waals surface area contributed by atoms with E-state index in [0.29, 0.717) is 17.7 Å². The van der Waals surface area contributed by atoms with Gasteiger partial charge in [-0.05, 0) is 41.8 Å². The lowest BCUT2D eigenvalue weighted by molar-refractivity contribution is 0.414. The molecule has 0 heterocycles. The van der Waals surface area contributed by atoms with E-state index in [-0.39, 0.29) is 4.83 Å². The average Bonchev–Trinajstić information content (AvgIpc) is 2.44. The first-order valence-electron chi connectivity index (χ1n) is 5.93. The predicted molar refractivity (Wildman–Crippen MR) is 82.4 cm³/mol. The summed E-state index contributed by atoms with van der Waals surface area (Å²) in [5.41, 5.74) is 1.26. The van der Waals surface area contributed by atoms with E-state index in [9.17, 15) is 8.78 Å². The van der Waals surface area contributed by atoms with Crippen molar-refractivity contribution in [1.29, 1.82) is 0 Å². The Morgan fingerprint density at radius 1 is 1.20 bits per heavy atom. The van der Waals surface area contributed by atoms with Gasteiger partial charge in [-0.1, -0.05) is 44.0 Å². The molecule has 0 spiro atoms. The summed E-state index contributed by atoms with van der Waals surface area (Å²) in [5, 5.41) is 0. The van der Waals surface area contributed by atoms with Crippen molar-refractivity contribution in [2.45, 2.75) is 11.2 Å². The molecule has 5 heteroatoms. The first kappa shape index (κ1) is 15.4. The third-order valence-corrected chi connectivity index (χ3v) is 4.51. The highest BCUT2D eigenvalue weighted by Crippen LogP contribution is 2.35. The molecule has 0 aliphatic carbocycles. The fourth-order valence-electron chi connectivity index (χ4n) is 1.90. The molecular weight excluding hydrogens is 394 g/mol. The van der Waals surface area contributed by atoms with Crippen LogP contribution in [0.3, 0.4) is 0 Å². The number of benzene rings is 2. The number of ether oxygens (including phenoxy) is 1.